The van der Waals surface area contributed by atoms with E-state index < -0.39 is 5.97 Å². The molecule has 2 aromatic rings. The summed E-state index contributed by atoms with van der Waals surface area (Å²) in [5, 5.41) is 0. The molecular formula is C18H20N2O2. The highest BCUT2D eigenvalue weighted by Crippen LogP contribution is 2.26. The quantitative estimate of drug-likeness (QED) is 0.620. The third kappa shape index (κ3) is 3.58. The van der Waals surface area contributed by atoms with E-state index in [2.05, 4.69) is 30.4 Å². The Kier molecular flexibility index (Phi) is 5.04. The Bertz CT molecular complexity index is 708. The Morgan fingerprint density at radius 2 is 2.00 bits per heavy atom. The summed E-state index contributed by atoms with van der Waals surface area (Å²) in [7, 11) is 0. The molecule has 2 aromatic heterocycles. The molecule has 0 aliphatic carbocycles. The molecule has 2 rings (SSSR count). The number of pyridine rings is 2. The normalized spacial score (nSPS) is 10.3. The van der Waals surface area contributed by atoms with Crippen LogP contribution in [0.5, 0.6) is 5.75 Å². The molecule has 114 valence electrons. The SMILES string of the molecule is C=C(C)C(=O)Oc1ccnc(-c2nccc(C)c2CCC)c1. The molecule has 0 spiro atoms. The molecule has 0 N–H and O–H groups in total. The first-order valence-electron chi connectivity index (χ1n) is 7.31. The van der Waals surface area contributed by atoms with E-state index in [9.17, 15) is 4.79 Å². The van der Waals surface area contributed by atoms with E-state index in [1.54, 1.807) is 31.5 Å². The molecular weight excluding hydrogens is 276 g/mol. The molecule has 0 aliphatic rings. The number of hydrogen-bond donors (Lipinski definition) is 0. The van der Waals surface area contributed by atoms with Crippen LogP contribution in [0.1, 0.15) is 31.4 Å². The van der Waals surface area contributed by atoms with Crippen LogP contribution in [0.4, 0.5) is 0 Å². The van der Waals surface area contributed by atoms with Crippen molar-refractivity contribution in [2.45, 2.75) is 33.6 Å². The lowest BCUT2D eigenvalue weighted by molar-refractivity contribution is -0.130. The number of aromatic nitrogens is 2. The lowest BCUT2D eigenvalue weighted by Gasteiger charge is -2.11. The zero-order chi connectivity index (χ0) is 16.1. The molecule has 0 unspecified atom stereocenters. The summed E-state index contributed by atoms with van der Waals surface area (Å²) in [5.74, 6) is 0.00638. The first kappa shape index (κ1) is 15.9. The standard InChI is InChI=1S/C18H20N2O2/c1-5-6-15-13(4)7-9-20-17(15)16-11-14(8-10-19-16)22-18(21)12(2)3/h7-11H,2,5-6H2,1,3-4H3. The summed E-state index contributed by atoms with van der Waals surface area (Å²) < 4.78 is 5.26. The minimum Gasteiger partial charge on any atom is -0.423 e. The molecule has 0 saturated carbocycles. The van der Waals surface area contributed by atoms with Crippen molar-refractivity contribution in [3.05, 3.63) is 53.9 Å². The zero-order valence-electron chi connectivity index (χ0n) is 13.2. The van der Waals surface area contributed by atoms with Gasteiger partial charge in [-0.1, -0.05) is 19.9 Å². The maximum atomic E-state index is 11.6. The van der Waals surface area contributed by atoms with Crippen molar-refractivity contribution < 1.29 is 9.53 Å². The largest absolute Gasteiger partial charge is 0.423 e. The van der Waals surface area contributed by atoms with Crippen LogP contribution in [-0.2, 0) is 11.2 Å². The highest BCUT2D eigenvalue weighted by Gasteiger charge is 2.12. The molecule has 0 bridgehead atoms. The van der Waals surface area contributed by atoms with Crippen molar-refractivity contribution in [1.29, 1.82) is 0 Å². The highest BCUT2D eigenvalue weighted by molar-refractivity contribution is 5.88. The fourth-order valence-electron chi connectivity index (χ4n) is 2.17. The molecule has 0 fully saturated rings. The molecule has 0 atom stereocenters. The molecule has 22 heavy (non-hydrogen) atoms. The number of carbonyl (C=O) groups excluding carboxylic acids is 1. The first-order valence-corrected chi connectivity index (χ1v) is 7.31. The summed E-state index contributed by atoms with van der Waals surface area (Å²) >= 11 is 0. The van der Waals surface area contributed by atoms with Crippen LogP contribution >= 0.6 is 0 Å². The van der Waals surface area contributed by atoms with E-state index in [0.29, 0.717) is 17.0 Å². The van der Waals surface area contributed by atoms with E-state index in [4.69, 9.17) is 4.74 Å². The second-order valence-electron chi connectivity index (χ2n) is 5.25. The van der Waals surface area contributed by atoms with E-state index >= 15 is 0 Å². The smallest absolute Gasteiger partial charge is 0.338 e. The molecule has 0 aromatic carbocycles. The molecule has 0 radical (unpaired) electrons. The third-order valence-electron chi connectivity index (χ3n) is 3.32. The van der Waals surface area contributed by atoms with Crippen molar-refractivity contribution in [3.63, 3.8) is 0 Å². The van der Waals surface area contributed by atoms with Crippen LogP contribution in [0.25, 0.3) is 11.4 Å². The van der Waals surface area contributed by atoms with Crippen molar-refractivity contribution >= 4 is 5.97 Å². The van der Waals surface area contributed by atoms with Gasteiger partial charge in [0.1, 0.15) is 5.75 Å². The maximum absolute atomic E-state index is 11.6. The Hall–Kier alpha value is -2.49. The van der Waals surface area contributed by atoms with E-state index in [-0.39, 0.29) is 0 Å². The maximum Gasteiger partial charge on any atom is 0.338 e. The molecule has 4 heteroatoms. The Labute approximate surface area is 130 Å². The van der Waals surface area contributed by atoms with Crippen molar-refractivity contribution in [2.24, 2.45) is 0 Å². The van der Waals surface area contributed by atoms with Gasteiger partial charge in [-0.2, -0.15) is 0 Å². The lowest BCUT2D eigenvalue weighted by atomic mass is 10.0. The van der Waals surface area contributed by atoms with Gasteiger partial charge in [0.2, 0.25) is 0 Å². The van der Waals surface area contributed by atoms with E-state index in [1.807, 2.05) is 6.07 Å². The third-order valence-corrected chi connectivity index (χ3v) is 3.32. The topological polar surface area (TPSA) is 52.1 Å². The van der Waals surface area contributed by atoms with Crippen molar-refractivity contribution in [2.75, 3.05) is 0 Å². The summed E-state index contributed by atoms with van der Waals surface area (Å²) in [6.45, 7) is 9.40. The predicted octanol–water partition coefficient (Wildman–Crippen LogP) is 3.89. The molecule has 0 saturated heterocycles. The van der Waals surface area contributed by atoms with Crippen LogP contribution in [0, 0.1) is 6.92 Å². The summed E-state index contributed by atoms with van der Waals surface area (Å²) in [4.78, 5) is 20.5. The van der Waals surface area contributed by atoms with E-state index in [1.165, 1.54) is 11.1 Å². The molecule has 0 amide bonds. The van der Waals surface area contributed by atoms with Crippen LogP contribution in [0.3, 0.4) is 0 Å². The average Bonchev–Trinajstić information content (AvgIpc) is 2.49. The van der Waals surface area contributed by atoms with Crippen LogP contribution in [0.15, 0.2) is 42.7 Å². The minimum absolute atomic E-state index is 0.360. The summed E-state index contributed by atoms with van der Waals surface area (Å²) in [6, 6.07) is 5.39. The highest BCUT2D eigenvalue weighted by atomic mass is 16.5. The second kappa shape index (κ2) is 6.98. The van der Waals surface area contributed by atoms with Gasteiger partial charge in [-0.3, -0.25) is 9.97 Å². The lowest BCUT2D eigenvalue weighted by Crippen LogP contribution is -2.08. The fraction of sp³-hybridized carbons (Fsp3) is 0.278. The van der Waals surface area contributed by atoms with Crippen LogP contribution < -0.4 is 4.74 Å². The first-order chi connectivity index (χ1) is 10.5. The van der Waals surface area contributed by atoms with Crippen molar-refractivity contribution in [1.82, 2.24) is 9.97 Å². The van der Waals surface area contributed by atoms with Crippen molar-refractivity contribution in [3.8, 4) is 17.1 Å². The van der Waals surface area contributed by atoms with Gasteiger partial charge in [0, 0.05) is 24.0 Å². The van der Waals surface area contributed by atoms with Crippen LogP contribution in [0.2, 0.25) is 0 Å². The predicted molar refractivity (Wildman–Crippen MR) is 86.6 cm³/mol. The Balaban J connectivity index is 2.40. The number of rotatable bonds is 5. The zero-order valence-corrected chi connectivity index (χ0v) is 13.2. The fourth-order valence-corrected chi connectivity index (χ4v) is 2.17. The van der Waals surface area contributed by atoms with Gasteiger partial charge in [0.25, 0.3) is 0 Å². The monoisotopic (exact) mass is 296 g/mol. The molecule has 2 heterocycles. The average molecular weight is 296 g/mol. The second-order valence-corrected chi connectivity index (χ2v) is 5.25. The number of aryl methyl sites for hydroxylation is 1. The number of esters is 1. The van der Waals surface area contributed by atoms with Gasteiger partial charge < -0.3 is 4.74 Å². The molecule has 4 nitrogen and oxygen atoms in total. The van der Waals surface area contributed by atoms with Gasteiger partial charge >= 0.3 is 5.97 Å². The van der Waals surface area contributed by atoms with E-state index in [0.717, 1.165) is 18.5 Å². The minimum atomic E-state index is -0.442. The number of carbonyl (C=O) groups is 1. The number of nitrogens with zero attached hydrogens (tertiary/aromatic N) is 2. The van der Waals surface area contributed by atoms with Gasteiger partial charge in [0.15, 0.2) is 0 Å². The summed E-state index contributed by atoms with van der Waals surface area (Å²) in [6.07, 6.45) is 5.37. The number of ether oxygens (including phenoxy) is 1. The molecule has 0 aliphatic heterocycles. The van der Waals surface area contributed by atoms with Gasteiger partial charge in [-0.25, -0.2) is 4.79 Å². The number of hydrogen-bond acceptors (Lipinski definition) is 4. The van der Waals surface area contributed by atoms with Gasteiger partial charge in [-0.05, 0) is 43.5 Å². The van der Waals surface area contributed by atoms with Gasteiger partial charge in [-0.15, -0.1) is 0 Å². The van der Waals surface area contributed by atoms with Crippen LogP contribution in [-0.4, -0.2) is 15.9 Å². The Morgan fingerprint density at radius 1 is 1.27 bits per heavy atom. The summed E-state index contributed by atoms with van der Waals surface area (Å²) in [5.41, 5.74) is 4.28. The van der Waals surface area contributed by atoms with Gasteiger partial charge in [0.05, 0.1) is 11.4 Å². The Morgan fingerprint density at radius 3 is 2.68 bits per heavy atom.